The Kier molecular flexibility index (Phi) is 4.87. The number of rotatable bonds is 4. The van der Waals surface area contributed by atoms with Gasteiger partial charge in [0.25, 0.3) is 0 Å². The number of para-hydroxylation sites is 1. The van der Waals surface area contributed by atoms with E-state index in [0.717, 1.165) is 12.3 Å². The molecule has 3 rings (SSSR count). The molecule has 1 amide bonds. The van der Waals surface area contributed by atoms with Crippen molar-refractivity contribution in [1.82, 2.24) is 9.80 Å². The van der Waals surface area contributed by atoms with E-state index in [1.807, 2.05) is 30.3 Å². The summed E-state index contributed by atoms with van der Waals surface area (Å²) < 4.78 is 5.80. The maximum atomic E-state index is 11.8. The van der Waals surface area contributed by atoms with Crippen molar-refractivity contribution in [3.05, 3.63) is 30.3 Å². The van der Waals surface area contributed by atoms with Crippen LogP contribution < -0.4 is 4.74 Å². The summed E-state index contributed by atoms with van der Waals surface area (Å²) in [6, 6.07) is 10.1. The van der Waals surface area contributed by atoms with Crippen LogP contribution in [0.25, 0.3) is 0 Å². The number of amides is 1. The summed E-state index contributed by atoms with van der Waals surface area (Å²) in [4.78, 5) is 15.9. The Balaban J connectivity index is 1.70. The van der Waals surface area contributed by atoms with Gasteiger partial charge < -0.3 is 14.7 Å². The fourth-order valence-electron chi connectivity index (χ4n) is 3.35. The summed E-state index contributed by atoms with van der Waals surface area (Å²) in [6.07, 6.45) is 3.64. The molecule has 1 aliphatic carbocycles. The van der Waals surface area contributed by atoms with Gasteiger partial charge in [0.15, 0.2) is 0 Å². The summed E-state index contributed by atoms with van der Waals surface area (Å²) in [6.45, 7) is 4.17. The van der Waals surface area contributed by atoms with Gasteiger partial charge in [-0.05, 0) is 25.0 Å². The standard InChI is InChI=1S/C18H26N2O3/c1-15(21)19-10-11-20(16-6-5-7-16)13-18(22,12-19)14-23-17-8-3-2-4-9-17/h2-4,8-9,16,22H,5-7,10-14H2,1H3/t18-/m0/s1. The molecule has 1 aromatic rings. The molecule has 1 atom stereocenters. The van der Waals surface area contributed by atoms with Crippen molar-refractivity contribution in [3.63, 3.8) is 0 Å². The first-order valence-electron chi connectivity index (χ1n) is 8.46. The van der Waals surface area contributed by atoms with E-state index in [2.05, 4.69) is 4.90 Å². The Morgan fingerprint density at radius 2 is 2.00 bits per heavy atom. The van der Waals surface area contributed by atoms with Crippen molar-refractivity contribution in [2.75, 3.05) is 32.8 Å². The van der Waals surface area contributed by atoms with E-state index in [9.17, 15) is 9.90 Å². The van der Waals surface area contributed by atoms with Crippen molar-refractivity contribution >= 4 is 5.91 Å². The number of carbonyl (C=O) groups is 1. The van der Waals surface area contributed by atoms with Crippen LogP contribution in [0.15, 0.2) is 30.3 Å². The molecule has 1 heterocycles. The van der Waals surface area contributed by atoms with Gasteiger partial charge in [-0.2, -0.15) is 0 Å². The van der Waals surface area contributed by atoms with E-state index in [0.29, 0.717) is 25.7 Å². The van der Waals surface area contributed by atoms with Crippen molar-refractivity contribution in [2.24, 2.45) is 0 Å². The summed E-state index contributed by atoms with van der Waals surface area (Å²) in [5.74, 6) is 0.758. The van der Waals surface area contributed by atoms with Gasteiger partial charge in [0.2, 0.25) is 5.91 Å². The number of nitrogens with zero attached hydrogens (tertiary/aromatic N) is 2. The average Bonchev–Trinajstić information content (AvgIpc) is 2.65. The third kappa shape index (κ3) is 4.03. The third-order valence-electron chi connectivity index (χ3n) is 4.93. The second kappa shape index (κ2) is 6.89. The molecule has 1 aliphatic heterocycles. The van der Waals surface area contributed by atoms with Crippen LogP contribution in [-0.4, -0.2) is 65.2 Å². The summed E-state index contributed by atoms with van der Waals surface area (Å²) in [7, 11) is 0. The van der Waals surface area contributed by atoms with Gasteiger partial charge in [-0.25, -0.2) is 0 Å². The van der Waals surface area contributed by atoms with E-state index in [4.69, 9.17) is 4.74 Å². The molecule has 126 valence electrons. The Morgan fingerprint density at radius 1 is 1.26 bits per heavy atom. The normalized spacial score (nSPS) is 26.4. The lowest BCUT2D eigenvalue weighted by atomic mass is 9.90. The molecule has 5 heteroatoms. The molecule has 5 nitrogen and oxygen atoms in total. The largest absolute Gasteiger partial charge is 0.490 e. The molecule has 2 aliphatic rings. The second-order valence-corrected chi connectivity index (χ2v) is 6.82. The van der Waals surface area contributed by atoms with Crippen LogP contribution >= 0.6 is 0 Å². The fraction of sp³-hybridized carbons (Fsp3) is 0.611. The molecule has 1 saturated heterocycles. The summed E-state index contributed by atoms with van der Waals surface area (Å²) >= 11 is 0. The summed E-state index contributed by atoms with van der Waals surface area (Å²) in [5, 5.41) is 11.1. The van der Waals surface area contributed by atoms with Crippen LogP contribution in [0.1, 0.15) is 26.2 Å². The lowest BCUT2D eigenvalue weighted by Gasteiger charge is -2.40. The molecule has 0 unspecified atom stereocenters. The molecule has 1 aromatic carbocycles. The van der Waals surface area contributed by atoms with Crippen LogP contribution in [0.4, 0.5) is 0 Å². The van der Waals surface area contributed by atoms with Crippen molar-refractivity contribution < 1.29 is 14.6 Å². The van der Waals surface area contributed by atoms with Crippen LogP contribution in [0.2, 0.25) is 0 Å². The SMILES string of the molecule is CC(=O)N1CCN(C2CCC2)C[C@](O)(COc2ccccc2)C1. The zero-order chi connectivity index (χ0) is 16.3. The van der Waals surface area contributed by atoms with Gasteiger partial charge in [-0.15, -0.1) is 0 Å². The highest BCUT2D eigenvalue weighted by Crippen LogP contribution is 2.28. The van der Waals surface area contributed by atoms with Gasteiger partial charge in [0.1, 0.15) is 18.0 Å². The Morgan fingerprint density at radius 3 is 2.61 bits per heavy atom. The first-order chi connectivity index (χ1) is 11.1. The molecule has 0 radical (unpaired) electrons. The molecule has 1 N–H and O–H groups in total. The van der Waals surface area contributed by atoms with Gasteiger partial charge >= 0.3 is 0 Å². The maximum Gasteiger partial charge on any atom is 0.219 e. The van der Waals surface area contributed by atoms with E-state index in [-0.39, 0.29) is 12.5 Å². The number of carbonyl (C=O) groups excluding carboxylic acids is 1. The Bertz CT molecular complexity index is 532. The minimum absolute atomic E-state index is 0.0126. The Labute approximate surface area is 137 Å². The number of benzene rings is 1. The van der Waals surface area contributed by atoms with Crippen molar-refractivity contribution in [1.29, 1.82) is 0 Å². The van der Waals surface area contributed by atoms with Crippen LogP contribution in [0.5, 0.6) is 5.75 Å². The molecule has 0 spiro atoms. The zero-order valence-electron chi connectivity index (χ0n) is 13.8. The molecule has 1 saturated carbocycles. The van der Waals surface area contributed by atoms with E-state index < -0.39 is 5.60 Å². The van der Waals surface area contributed by atoms with Gasteiger partial charge in [-0.1, -0.05) is 24.6 Å². The highest BCUT2D eigenvalue weighted by Gasteiger charge is 2.39. The molecule has 23 heavy (non-hydrogen) atoms. The number of hydrogen-bond donors (Lipinski definition) is 1. The average molecular weight is 318 g/mol. The Hall–Kier alpha value is -1.59. The first kappa shape index (κ1) is 16.3. The maximum absolute atomic E-state index is 11.8. The predicted octanol–water partition coefficient (Wildman–Crippen LogP) is 1.51. The fourth-order valence-corrected chi connectivity index (χ4v) is 3.35. The molecular weight excluding hydrogens is 292 g/mol. The van der Waals surface area contributed by atoms with Gasteiger partial charge in [0.05, 0.1) is 6.54 Å². The van der Waals surface area contributed by atoms with E-state index >= 15 is 0 Å². The van der Waals surface area contributed by atoms with Gasteiger partial charge in [0, 0.05) is 32.6 Å². The predicted molar refractivity (Wildman–Crippen MR) is 88.4 cm³/mol. The van der Waals surface area contributed by atoms with Crippen molar-refractivity contribution in [3.8, 4) is 5.75 Å². The molecular formula is C18H26N2O3. The first-order valence-corrected chi connectivity index (χ1v) is 8.46. The van der Waals surface area contributed by atoms with E-state index in [1.54, 1.807) is 11.8 Å². The second-order valence-electron chi connectivity index (χ2n) is 6.82. The number of β-amino-alcohol motifs (C(OH)–C–C–N with tert-alkyl or cyclic N) is 1. The molecule has 0 bridgehead atoms. The highest BCUT2D eigenvalue weighted by molar-refractivity contribution is 5.73. The minimum Gasteiger partial charge on any atom is -0.490 e. The van der Waals surface area contributed by atoms with Crippen LogP contribution in [-0.2, 0) is 4.79 Å². The smallest absolute Gasteiger partial charge is 0.219 e. The monoisotopic (exact) mass is 318 g/mol. The lowest BCUT2D eigenvalue weighted by Crippen LogP contribution is -2.54. The van der Waals surface area contributed by atoms with Crippen molar-refractivity contribution in [2.45, 2.75) is 37.8 Å². The quantitative estimate of drug-likeness (QED) is 0.914. The van der Waals surface area contributed by atoms with Gasteiger partial charge in [-0.3, -0.25) is 9.69 Å². The molecule has 0 aromatic heterocycles. The number of aliphatic hydroxyl groups is 1. The topological polar surface area (TPSA) is 53.0 Å². The number of ether oxygens (including phenoxy) is 1. The summed E-state index contributed by atoms with van der Waals surface area (Å²) in [5.41, 5.74) is -1.03. The highest BCUT2D eigenvalue weighted by atomic mass is 16.5. The van der Waals surface area contributed by atoms with Crippen LogP contribution in [0.3, 0.4) is 0 Å². The van der Waals surface area contributed by atoms with Crippen LogP contribution in [0, 0.1) is 0 Å². The van der Waals surface area contributed by atoms with E-state index in [1.165, 1.54) is 19.3 Å². The third-order valence-corrected chi connectivity index (χ3v) is 4.93. The lowest BCUT2D eigenvalue weighted by molar-refractivity contribution is -0.132. The molecule has 2 fully saturated rings. The number of hydrogen-bond acceptors (Lipinski definition) is 4. The minimum atomic E-state index is -1.03. The zero-order valence-corrected chi connectivity index (χ0v) is 13.8.